The molecule has 16 heavy (non-hydrogen) atoms. The van der Waals surface area contributed by atoms with Crippen molar-refractivity contribution in [2.75, 3.05) is 20.3 Å². The topological polar surface area (TPSA) is 58.6 Å². The summed E-state index contributed by atoms with van der Waals surface area (Å²) in [6.45, 7) is 0.486. The monoisotopic (exact) mass is 223 g/mol. The smallest absolute Gasteiger partial charge is 0.222 e. The van der Waals surface area contributed by atoms with Crippen molar-refractivity contribution in [2.45, 2.75) is 12.8 Å². The Morgan fingerprint density at radius 2 is 2.06 bits per heavy atom. The highest BCUT2D eigenvalue weighted by Gasteiger charge is 1.99. The second-order valence-corrected chi connectivity index (χ2v) is 3.42. The summed E-state index contributed by atoms with van der Waals surface area (Å²) < 4.78 is 5.05. The van der Waals surface area contributed by atoms with Crippen molar-refractivity contribution in [1.82, 2.24) is 5.32 Å². The quantitative estimate of drug-likeness (QED) is 0.747. The van der Waals surface area contributed by atoms with Crippen molar-refractivity contribution in [3.63, 3.8) is 0 Å². The Bertz CT molecular complexity index is 322. The number of hydrogen-bond acceptors (Lipinski definition) is 3. The van der Waals surface area contributed by atoms with E-state index in [0.29, 0.717) is 6.54 Å². The molecular formula is C12H17NO3. The van der Waals surface area contributed by atoms with Gasteiger partial charge in [-0.25, -0.2) is 0 Å². The Balaban J connectivity index is 2.29. The van der Waals surface area contributed by atoms with Crippen LogP contribution in [-0.2, 0) is 11.2 Å². The molecule has 0 aliphatic heterocycles. The van der Waals surface area contributed by atoms with E-state index in [0.717, 1.165) is 17.7 Å². The maximum absolute atomic E-state index is 11.0. The molecule has 0 saturated carbocycles. The van der Waals surface area contributed by atoms with Gasteiger partial charge >= 0.3 is 0 Å². The second-order valence-electron chi connectivity index (χ2n) is 3.42. The highest BCUT2D eigenvalue weighted by atomic mass is 16.5. The lowest BCUT2D eigenvalue weighted by molar-refractivity contribution is -0.121. The SMILES string of the molecule is COc1ccc(CCNC(=O)CCO)cc1. The number of benzene rings is 1. The predicted molar refractivity (Wildman–Crippen MR) is 61.4 cm³/mol. The maximum atomic E-state index is 11.0. The second kappa shape index (κ2) is 6.85. The molecule has 1 aromatic carbocycles. The van der Waals surface area contributed by atoms with E-state index in [-0.39, 0.29) is 18.9 Å². The third kappa shape index (κ3) is 4.31. The molecule has 0 atom stereocenters. The standard InChI is InChI=1S/C12H17NO3/c1-16-11-4-2-10(3-5-11)6-8-13-12(15)7-9-14/h2-5,14H,6-9H2,1H3,(H,13,15). The molecule has 0 aromatic heterocycles. The number of nitrogens with one attached hydrogen (secondary N) is 1. The molecule has 0 heterocycles. The average molecular weight is 223 g/mol. The van der Waals surface area contributed by atoms with Gasteiger partial charge in [-0.1, -0.05) is 12.1 Å². The summed E-state index contributed by atoms with van der Waals surface area (Å²) in [5.41, 5.74) is 1.14. The zero-order valence-electron chi connectivity index (χ0n) is 9.40. The fraction of sp³-hybridized carbons (Fsp3) is 0.417. The van der Waals surface area contributed by atoms with Gasteiger partial charge in [-0.05, 0) is 24.1 Å². The minimum atomic E-state index is -0.115. The molecule has 0 unspecified atom stereocenters. The van der Waals surface area contributed by atoms with Gasteiger partial charge in [0.1, 0.15) is 5.75 Å². The van der Waals surface area contributed by atoms with Gasteiger partial charge in [-0.2, -0.15) is 0 Å². The molecule has 0 fully saturated rings. The van der Waals surface area contributed by atoms with Crippen LogP contribution in [0.3, 0.4) is 0 Å². The first-order valence-corrected chi connectivity index (χ1v) is 5.26. The van der Waals surface area contributed by atoms with Crippen molar-refractivity contribution >= 4 is 5.91 Å². The van der Waals surface area contributed by atoms with Crippen LogP contribution in [0.5, 0.6) is 5.75 Å². The summed E-state index contributed by atoms with van der Waals surface area (Å²) in [4.78, 5) is 11.0. The van der Waals surface area contributed by atoms with E-state index in [1.54, 1.807) is 7.11 Å². The molecule has 1 aromatic rings. The first-order valence-electron chi connectivity index (χ1n) is 5.26. The highest BCUT2D eigenvalue weighted by molar-refractivity contribution is 5.75. The molecule has 0 aliphatic rings. The zero-order valence-corrected chi connectivity index (χ0v) is 9.40. The van der Waals surface area contributed by atoms with E-state index in [2.05, 4.69) is 5.32 Å². The Kier molecular flexibility index (Phi) is 5.36. The Labute approximate surface area is 95.2 Å². The van der Waals surface area contributed by atoms with E-state index in [1.807, 2.05) is 24.3 Å². The molecule has 0 saturated heterocycles. The van der Waals surface area contributed by atoms with Gasteiger partial charge in [0.05, 0.1) is 13.7 Å². The van der Waals surface area contributed by atoms with Gasteiger partial charge in [0.25, 0.3) is 0 Å². The van der Waals surface area contributed by atoms with Crippen LogP contribution in [0.4, 0.5) is 0 Å². The lowest BCUT2D eigenvalue weighted by Gasteiger charge is -2.05. The van der Waals surface area contributed by atoms with Crippen LogP contribution in [0.15, 0.2) is 24.3 Å². The zero-order chi connectivity index (χ0) is 11.8. The number of aliphatic hydroxyl groups excluding tert-OH is 1. The van der Waals surface area contributed by atoms with Gasteiger partial charge in [0, 0.05) is 13.0 Å². The molecule has 2 N–H and O–H groups in total. The van der Waals surface area contributed by atoms with Crippen LogP contribution in [-0.4, -0.2) is 31.3 Å². The molecule has 0 spiro atoms. The summed E-state index contributed by atoms with van der Waals surface area (Å²) in [5, 5.41) is 11.3. The first kappa shape index (κ1) is 12.5. The maximum Gasteiger partial charge on any atom is 0.222 e. The average Bonchev–Trinajstić information content (AvgIpc) is 2.30. The van der Waals surface area contributed by atoms with Gasteiger partial charge in [-0.3, -0.25) is 4.79 Å². The lowest BCUT2D eigenvalue weighted by Crippen LogP contribution is -2.26. The van der Waals surface area contributed by atoms with Gasteiger partial charge in [0.2, 0.25) is 5.91 Å². The molecule has 0 radical (unpaired) electrons. The fourth-order valence-corrected chi connectivity index (χ4v) is 1.33. The van der Waals surface area contributed by atoms with Gasteiger partial charge in [-0.15, -0.1) is 0 Å². The summed E-state index contributed by atoms with van der Waals surface area (Å²) in [7, 11) is 1.63. The summed E-state index contributed by atoms with van der Waals surface area (Å²) in [6.07, 6.45) is 0.948. The largest absolute Gasteiger partial charge is 0.497 e. The number of rotatable bonds is 6. The molecule has 1 amide bonds. The lowest BCUT2D eigenvalue weighted by atomic mass is 10.1. The van der Waals surface area contributed by atoms with Crippen LogP contribution in [0.1, 0.15) is 12.0 Å². The molecule has 4 nitrogen and oxygen atoms in total. The van der Waals surface area contributed by atoms with E-state index in [4.69, 9.17) is 9.84 Å². The Morgan fingerprint density at radius 1 is 1.38 bits per heavy atom. The van der Waals surface area contributed by atoms with Crippen molar-refractivity contribution in [3.8, 4) is 5.75 Å². The van der Waals surface area contributed by atoms with Crippen LogP contribution in [0.2, 0.25) is 0 Å². The third-order valence-electron chi connectivity index (χ3n) is 2.23. The number of ether oxygens (including phenoxy) is 1. The highest BCUT2D eigenvalue weighted by Crippen LogP contribution is 2.11. The fourth-order valence-electron chi connectivity index (χ4n) is 1.33. The first-order chi connectivity index (χ1) is 7.76. The number of methoxy groups -OCH3 is 1. The van der Waals surface area contributed by atoms with Crippen LogP contribution in [0.25, 0.3) is 0 Å². The summed E-state index contributed by atoms with van der Waals surface area (Å²) in [5.74, 6) is 0.712. The number of hydrogen-bond donors (Lipinski definition) is 2. The number of carbonyl (C=O) groups is 1. The van der Waals surface area contributed by atoms with E-state index < -0.39 is 0 Å². The molecule has 0 bridgehead atoms. The van der Waals surface area contributed by atoms with E-state index >= 15 is 0 Å². The van der Waals surface area contributed by atoms with Crippen molar-refractivity contribution in [2.24, 2.45) is 0 Å². The number of aliphatic hydroxyl groups is 1. The van der Waals surface area contributed by atoms with Gasteiger partial charge in [0.15, 0.2) is 0 Å². The van der Waals surface area contributed by atoms with Crippen molar-refractivity contribution < 1.29 is 14.6 Å². The molecule has 0 aliphatic carbocycles. The van der Waals surface area contributed by atoms with E-state index in [9.17, 15) is 4.79 Å². The molecule has 4 heteroatoms. The van der Waals surface area contributed by atoms with Crippen LogP contribution < -0.4 is 10.1 Å². The normalized spacial score (nSPS) is 9.88. The molecule has 88 valence electrons. The Morgan fingerprint density at radius 3 is 2.62 bits per heavy atom. The molecular weight excluding hydrogens is 206 g/mol. The van der Waals surface area contributed by atoms with Crippen molar-refractivity contribution in [3.05, 3.63) is 29.8 Å². The summed E-state index contributed by atoms with van der Waals surface area (Å²) in [6, 6.07) is 7.73. The number of carbonyl (C=O) groups excluding carboxylic acids is 1. The molecule has 1 rings (SSSR count). The minimum absolute atomic E-state index is 0.103. The van der Waals surface area contributed by atoms with Crippen LogP contribution >= 0.6 is 0 Å². The van der Waals surface area contributed by atoms with Crippen molar-refractivity contribution in [1.29, 1.82) is 0 Å². The minimum Gasteiger partial charge on any atom is -0.497 e. The third-order valence-corrected chi connectivity index (χ3v) is 2.23. The number of amides is 1. The van der Waals surface area contributed by atoms with Crippen LogP contribution in [0, 0.1) is 0 Å². The van der Waals surface area contributed by atoms with Gasteiger partial charge < -0.3 is 15.2 Å². The predicted octanol–water partition coefficient (Wildman–Crippen LogP) is 0.736. The Hall–Kier alpha value is -1.55. The van der Waals surface area contributed by atoms with E-state index in [1.165, 1.54) is 0 Å². The summed E-state index contributed by atoms with van der Waals surface area (Å²) >= 11 is 0.